The summed E-state index contributed by atoms with van der Waals surface area (Å²) in [6.45, 7) is 3.60. The molecule has 0 bridgehead atoms. The van der Waals surface area contributed by atoms with E-state index in [-0.39, 0.29) is 19.1 Å². The first-order valence-corrected chi connectivity index (χ1v) is 8.39. The number of para-hydroxylation sites is 1. The normalized spacial score (nSPS) is 10.5. The molecular weight excluding hydrogens is 348 g/mol. The Labute approximate surface area is 156 Å². The number of nitrogens with zero attached hydrogens (tertiary/aromatic N) is 2. The summed E-state index contributed by atoms with van der Waals surface area (Å²) in [5.41, 5.74) is 2.78. The lowest BCUT2D eigenvalue weighted by Crippen LogP contribution is -2.15. The fourth-order valence-corrected chi connectivity index (χ4v) is 2.45. The Bertz CT molecular complexity index is 936. The Balaban J connectivity index is 1.55. The molecule has 7 nitrogen and oxygen atoms in total. The van der Waals surface area contributed by atoms with Crippen molar-refractivity contribution >= 4 is 5.97 Å². The topological polar surface area (TPSA) is 83.7 Å². The second kappa shape index (κ2) is 8.35. The summed E-state index contributed by atoms with van der Waals surface area (Å²) < 4.78 is 21.1. The molecule has 0 amide bonds. The van der Waals surface area contributed by atoms with E-state index in [1.807, 2.05) is 50.2 Å². The largest absolute Gasteiger partial charge is 0.496 e. The molecule has 0 fully saturated rings. The molecule has 0 aliphatic rings. The smallest absolute Gasteiger partial charge is 0.344 e. The van der Waals surface area contributed by atoms with Crippen molar-refractivity contribution in [3.63, 3.8) is 0 Å². The third-order valence-corrected chi connectivity index (χ3v) is 4.07. The van der Waals surface area contributed by atoms with Gasteiger partial charge >= 0.3 is 5.97 Å². The predicted octanol–water partition coefficient (Wildman–Crippen LogP) is 3.48. The molecule has 7 heteroatoms. The zero-order chi connectivity index (χ0) is 19.2. The number of esters is 1. The van der Waals surface area contributed by atoms with E-state index in [0.29, 0.717) is 22.9 Å². The van der Waals surface area contributed by atoms with Gasteiger partial charge in [-0.3, -0.25) is 0 Å². The fraction of sp³-hybridized carbons (Fsp3) is 0.250. The number of hydrogen-bond acceptors (Lipinski definition) is 7. The van der Waals surface area contributed by atoms with Crippen LogP contribution in [0.5, 0.6) is 11.5 Å². The lowest BCUT2D eigenvalue weighted by atomic mass is 10.1. The molecule has 3 rings (SSSR count). The third-order valence-electron chi connectivity index (χ3n) is 4.07. The zero-order valence-corrected chi connectivity index (χ0v) is 15.4. The number of methoxy groups -OCH3 is 1. The maximum absolute atomic E-state index is 11.9. The average molecular weight is 368 g/mol. The quantitative estimate of drug-likeness (QED) is 0.590. The SMILES string of the molecule is COc1ccccc1-c1noc(COC(=O)COc2cccc(C)c2C)n1. The molecule has 3 aromatic rings. The number of ether oxygens (including phenoxy) is 3. The highest BCUT2D eigenvalue weighted by molar-refractivity contribution is 5.71. The van der Waals surface area contributed by atoms with Crippen LogP contribution in [-0.4, -0.2) is 29.8 Å². The van der Waals surface area contributed by atoms with Crippen molar-refractivity contribution in [1.29, 1.82) is 0 Å². The molecule has 0 atom stereocenters. The fourth-order valence-electron chi connectivity index (χ4n) is 2.45. The van der Waals surface area contributed by atoms with Gasteiger partial charge < -0.3 is 18.7 Å². The first kappa shape index (κ1) is 18.4. The maximum Gasteiger partial charge on any atom is 0.344 e. The first-order valence-electron chi connectivity index (χ1n) is 8.39. The second-order valence-corrected chi connectivity index (χ2v) is 5.86. The Morgan fingerprint density at radius 1 is 1.07 bits per heavy atom. The molecule has 0 saturated carbocycles. The van der Waals surface area contributed by atoms with E-state index in [1.54, 1.807) is 13.2 Å². The molecule has 2 aromatic carbocycles. The first-order chi connectivity index (χ1) is 13.1. The van der Waals surface area contributed by atoms with Crippen molar-refractivity contribution in [2.24, 2.45) is 0 Å². The summed E-state index contributed by atoms with van der Waals surface area (Å²) in [5, 5.41) is 3.90. The van der Waals surface area contributed by atoms with Crippen LogP contribution in [-0.2, 0) is 16.1 Å². The Morgan fingerprint density at radius 3 is 2.67 bits per heavy atom. The van der Waals surface area contributed by atoms with Crippen LogP contribution < -0.4 is 9.47 Å². The van der Waals surface area contributed by atoms with Crippen molar-refractivity contribution in [2.75, 3.05) is 13.7 Å². The van der Waals surface area contributed by atoms with Crippen LogP contribution in [0.1, 0.15) is 17.0 Å². The van der Waals surface area contributed by atoms with Crippen LogP contribution >= 0.6 is 0 Å². The molecule has 0 aliphatic carbocycles. The van der Waals surface area contributed by atoms with Crippen LogP contribution in [0.25, 0.3) is 11.4 Å². The van der Waals surface area contributed by atoms with Crippen molar-refractivity contribution in [3.05, 3.63) is 59.5 Å². The summed E-state index contributed by atoms with van der Waals surface area (Å²) in [5.74, 6) is 1.32. The number of aromatic nitrogens is 2. The van der Waals surface area contributed by atoms with Gasteiger partial charge in [0.05, 0.1) is 12.7 Å². The number of benzene rings is 2. The van der Waals surface area contributed by atoms with Crippen LogP contribution in [0.4, 0.5) is 0 Å². The van der Waals surface area contributed by atoms with Gasteiger partial charge in [0, 0.05) is 0 Å². The highest BCUT2D eigenvalue weighted by Gasteiger charge is 2.14. The molecule has 1 aromatic heterocycles. The molecule has 27 heavy (non-hydrogen) atoms. The van der Waals surface area contributed by atoms with E-state index in [1.165, 1.54) is 0 Å². The van der Waals surface area contributed by atoms with E-state index in [4.69, 9.17) is 18.7 Å². The Morgan fingerprint density at radius 2 is 1.85 bits per heavy atom. The highest BCUT2D eigenvalue weighted by atomic mass is 16.6. The van der Waals surface area contributed by atoms with E-state index < -0.39 is 5.97 Å². The van der Waals surface area contributed by atoms with Gasteiger partial charge in [0.25, 0.3) is 5.89 Å². The molecule has 0 unspecified atom stereocenters. The minimum atomic E-state index is -0.520. The molecule has 0 radical (unpaired) electrons. The van der Waals surface area contributed by atoms with Gasteiger partial charge in [-0.25, -0.2) is 4.79 Å². The zero-order valence-electron chi connectivity index (χ0n) is 15.4. The van der Waals surface area contributed by atoms with Gasteiger partial charge in [0.15, 0.2) is 13.2 Å². The monoisotopic (exact) mass is 368 g/mol. The van der Waals surface area contributed by atoms with E-state index in [9.17, 15) is 4.79 Å². The molecule has 1 heterocycles. The van der Waals surface area contributed by atoms with Gasteiger partial charge in [0.2, 0.25) is 5.82 Å². The lowest BCUT2D eigenvalue weighted by Gasteiger charge is -2.10. The van der Waals surface area contributed by atoms with E-state index in [0.717, 1.165) is 11.1 Å². The summed E-state index contributed by atoms with van der Waals surface area (Å²) in [4.78, 5) is 16.1. The summed E-state index contributed by atoms with van der Waals surface area (Å²) in [6, 6.07) is 13.0. The third kappa shape index (κ3) is 4.44. The van der Waals surface area contributed by atoms with Crippen LogP contribution in [0.3, 0.4) is 0 Å². The van der Waals surface area contributed by atoms with Crippen molar-refractivity contribution in [3.8, 4) is 22.9 Å². The van der Waals surface area contributed by atoms with E-state index in [2.05, 4.69) is 10.1 Å². The summed E-state index contributed by atoms with van der Waals surface area (Å²) >= 11 is 0. The number of carbonyl (C=O) groups is 1. The van der Waals surface area contributed by atoms with Crippen LogP contribution in [0.15, 0.2) is 47.0 Å². The number of aryl methyl sites for hydroxylation is 1. The molecule has 0 spiro atoms. The maximum atomic E-state index is 11.9. The number of hydrogen-bond donors (Lipinski definition) is 0. The van der Waals surface area contributed by atoms with Crippen molar-refractivity contribution in [1.82, 2.24) is 10.1 Å². The average Bonchev–Trinajstić information content (AvgIpc) is 3.16. The van der Waals surface area contributed by atoms with Crippen molar-refractivity contribution in [2.45, 2.75) is 20.5 Å². The van der Waals surface area contributed by atoms with Gasteiger partial charge in [-0.15, -0.1) is 0 Å². The lowest BCUT2D eigenvalue weighted by molar-refractivity contribution is -0.148. The Hall–Kier alpha value is -3.35. The standard InChI is InChI=1S/C20H20N2O5/c1-13-7-6-10-16(14(13)2)25-12-19(23)26-11-18-21-20(22-27-18)15-8-4-5-9-17(15)24-3/h4-10H,11-12H2,1-3H3. The summed E-state index contributed by atoms with van der Waals surface area (Å²) in [7, 11) is 1.57. The van der Waals surface area contributed by atoms with E-state index >= 15 is 0 Å². The molecule has 140 valence electrons. The van der Waals surface area contributed by atoms with Crippen LogP contribution in [0, 0.1) is 13.8 Å². The number of carbonyl (C=O) groups excluding carboxylic acids is 1. The van der Waals surface area contributed by atoms with Gasteiger partial charge in [-0.1, -0.05) is 29.4 Å². The van der Waals surface area contributed by atoms with Crippen molar-refractivity contribution < 1.29 is 23.5 Å². The summed E-state index contributed by atoms with van der Waals surface area (Å²) in [6.07, 6.45) is 0. The molecule has 0 saturated heterocycles. The highest BCUT2D eigenvalue weighted by Crippen LogP contribution is 2.27. The Kier molecular flexibility index (Phi) is 5.71. The molecular formula is C20H20N2O5. The predicted molar refractivity (Wildman–Crippen MR) is 97.5 cm³/mol. The van der Waals surface area contributed by atoms with Gasteiger partial charge in [-0.05, 0) is 43.2 Å². The van der Waals surface area contributed by atoms with Gasteiger partial charge in [-0.2, -0.15) is 4.98 Å². The minimum Gasteiger partial charge on any atom is -0.496 e. The molecule has 0 aliphatic heterocycles. The molecule has 0 N–H and O–H groups in total. The minimum absolute atomic E-state index is 0.128. The van der Waals surface area contributed by atoms with Crippen LogP contribution in [0.2, 0.25) is 0 Å². The number of rotatable bonds is 7. The second-order valence-electron chi connectivity index (χ2n) is 5.86. The van der Waals surface area contributed by atoms with Gasteiger partial charge in [0.1, 0.15) is 11.5 Å².